The minimum Gasteiger partial charge on any atom is -0.495 e. The molecule has 2 aromatic rings. The Kier molecular flexibility index (Phi) is 3.53. The molecule has 0 radical (unpaired) electrons. The van der Waals surface area contributed by atoms with Crippen molar-refractivity contribution in [2.45, 2.75) is 6.92 Å². The minimum atomic E-state index is -0.345. The number of ether oxygens (including phenoxy) is 1. The fourth-order valence-electron chi connectivity index (χ4n) is 1.44. The number of rotatable bonds is 3. The zero-order valence-electron chi connectivity index (χ0n) is 9.86. The molecular formula is C12H11ClN2O3. The zero-order valence-corrected chi connectivity index (χ0v) is 10.6. The van der Waals surface area contributed by atoms with Gasteiger partial charge in [-0.1, -0.05) is 16.8 Å². The summed E-state index contributed by atoms with van der Waals surface area (Å²) in [7, 11) is 1.53. The fourth-order valence-corrected chi connectivity index (χ4v) is 1.70. The van der Waals surface area contributed by atoms with Crippen LogP contribution in [0.5, 0.6) is 5.75 Å². The number of anilines is 1. The van der Waals surface area contributed by atoms with E-state index in [0.29, 0.717) is 22.0 Å². The Hall–Kier alpha value is -2.01. The number of nitrogens with zero attached hydrogens (tertiary/aromatic N) is 1. The lowest BCUT2D eigenvalue weighted by Crippen LogP contribution is -2.13. The van der Waals surface area contributed by atoms with Crippen molar-refractivity contribution < 1.29 is 14.1 Å². The number of carbonyl (C=O) groups is 1. The third-order valence-corrected chi connectivity index (χ3v) is 2.67. The second-order valence-electron chi connectivity index (χ2n) is 3.65. The van der Waals surface area contributed by atoms with Crippen LogP contribution in [-0.4, -0.2) is 18.2 Å². The van der Waals surface area contributed by atoms with Crippen molar-refractivity contribution in [3.8, 4) is 5.75 Å². The molecule has 1 aromatic heterocycles. The number of halogens is 1. The predicted octanol–water partition coefficient (Wildman–Crippen LogP) is 2.90. The van der Waals surface area contributed by atoms with Crippen molar-refractivity contribution in [3.05, 3.63) is 40.7 Å². The summed E-state index contributed by atoms with van der Waals surface area (Å²) >= 11 is 5.96. The molecule has 0 saturated heterocycles. The molecule has 0 aliphatic rings. The van der Waals surface area contributed by atoms with Crippen molar-refractivity contribution in [1.29, 1.82) is 0 Å². The standard InChI is InChI=1S/C12H11ClN2O3/c1-7-6-18-15-11(7)12(16)14-8-3-4-10(17-2)9(13)5-8/h3-6H,1-2H3,(H,14,16). The Bertz CT molecular complexity index is 580. The molecule has 1 heterocycles. The summed E-state index contributed by atoms with van der Waals surface area (Å²) in [4.78, 5) is 11.9. The topological polar surface area (TPSA) is 64.4 Å². The zero-order chi connectivity index (χ0) is 13.1. The van der Waals surface area contributed by atoms with Gasteiger partial charge >= 0.3 is 0 Å². The number of aryl methyl sites for hydroxylation is 1. The van der Waals surface area contributed by atoms with Crippen LogP contribution in [0.25, 0.3) is 0 Å². The normalized spacial score (nSPS) is 10.2. The molecule has 1 aromatic carbocycles. The molecule has 5 nitrogen and oxygen atoms in total. The number of hydrogen-bond acceptors (Lipinski definition) is 4. The summed E-state index contributed by atoms with van der Waals surface area (Å²) in [5, 5.41) is 6.72. The van der Waals surface area contributed by atoms with Crippen molar-refractivity contribution in [2.75, 3.05) is 12.4 Å². The van der Waals surface area contributed by atoms with E-state index < -0.39 is 0 Å². The Morgan fingerprint density at radius 2 is 2.28 bits per heavy atom. The van der Waals surface area contributed by atoms with Crippen LogP contribution < -0.4 is 10.1 Å². The summed E-state index contributed by atoms with van der Waals surface area (Å²) in [6.45, 7) is 1.74. The molecule has 0 bridgehead atoms. The molecule has 0 aliphatic heterocycles. The van der Waals surface area contributed by atoms with E-state index in [2.05, 4.69) is 10.5 Å². The highest BCUT2D eigenvalue weighted by molar-refractivity contribution is 6.32. The van der Waals surface area contributed by atoms with Crippen LogP contribution in [0.2, 0.25) is 5.02 Å². The van der Waals surface area contributed by atoms with Gasteiger partial charge in [-0.15, -0.1) is 0 Å². The average Bonchev–Trinajstić information content (AvgIpc) is 2.76. The van der Waals surface area contributed by atoms with Gasteiger partial charge in [0.1, 0.15) is 12.0 Å². The Balaban J connectivity index is 2.17. The molecule has 94 valence electrons. The van der Waals surface area contributed by atoms with E-state index in [1.54, 1.807) is 25.1 Å². The monoisotopic (exact) mass is 266 g/mol. The maximum atomic E-state index is 11.9. The van der Waals surface area contributed by atoms with Crippen molar-refractivity contribution >= 4 is 23.2 Å². The minimum absolute atomic E-state index is 0.252. The van der Waals surface area contributed by atoms with Crippen LogP contribution in [0, 0.1) is 6.92 Å². The molecular weight excluding hydrogens is 256 g/mol. The first kappa shape index (κ1) is 12.4. The van der Waals surface area contributed by atoms with Crippen molar-refractivity contribution in [2.24, 2.45) is 0 Å². The van der Waals surface area contributed by atoms with Crippen molar-refractivity contribution in [1.82, 2.24) is 5.16 Å². The van der Waals surface area contributed by atoms with E-state index >= 15 is 0 Å². The van der Waals surface area contributed by atoms with E-state index in [1.807, 2.05) is 0 Å². The SMILES string of the molecule is COc1ccc(NC(=O)c2nocc2C)cc1Cl. The molecule has 0 spiro atoms. The third-order valence-electron chi connectivity index (χ3n) is 2.37. The van der Waals surface area contributed by atoms with E-state index in [9.17, 15) is 4.79 Å². The molecule has 0 aliphatic carbocycles. The maximum Gasteiger partial charge on any atom is 0.278 e. The predicted molar refractivity (Wildman–Crippen MR) is 67.2 cm³/mol. The second-order valence-corrected chi connectivity index (χ2v) is 4.06. The molecule has 1 N–H and O–H groups in total. The largest absolute Gasteiger partial charge is 0.495 e. The van der Waals surface area contributed by atoms with Gasteiger partial charge in [-0.25, -0.2) is 0 Å². The van der Waals surface area contributed by atoms with Crippen LogP contribution >= 0.6 is 11.6 Å². The number of benzene rings is 1. The molecule has 0 atom stereocenters. The van der Waals surface area contributed by atoms with Gasteiger partial charge < -0.3 is 14.6 Å². The van der Waals surface area contributed by atoms with Gasteiger partial charge in [0.2, 0.25) is 0 Å². The second kappa shape index (κ2) is 5.10. The third kappa shape index (κ3) is 2.46. The Morgan fingerprint density at radius 3 is 2.83 bits per heavy atom. The summed E-state index contributed by atoms with van der Waals surface area (Å²) in [6, 6.07) is 4.97. The van der Waals surface area contributed by atoms with E-state index in [-0.39, 0.29) is 11.6 Å². The number of amides is 1. The summed E-state index contributed by atoms with van der Waals surface area (Å²) in [5.74, 6) is 0.203. The number of hydrogen-bond donors (Lipinski definition) is 1. The molecule has 18 heavy (non-hydrogen) atoms. The van der Waals surface area contributed by atoms with Gasteiger partial charge in [-0.2, -0.15) is 0 Å². The van der Waals surface area contributed by atoms with Gasteiger partial charge in [0.15, 0.2) is 5.69 Å². The Labute approximate surface area is 109 Å². The first-order valence-electron chi connectivity index (χ1n) is 5.17. The van der Waals surface area contributed by atoms with Crippen LogP contribution in [0.15, 0.2) is 29.0 Å². The van der Waals surface area contributed by atoms with Crippen LogP contribution in [0.3, 0.4) is 0 Å². The van der Waals surface area contributed by atoms with Gasteiger partial charge in [0, 0.05) is 11.3 Å². The van der Waals surface area contributed by atoms with E-state index in [1.165, 1.54) is 13.4 Å². The van der Waals surface area contributed by atoms with E-state index in [4.69, 9.17) is 20.9 Å². The fraction of sp³-hybridized carbons (Fsp3) is 0.167. The van der Waals surface area contributed by atoms with Crippen molar-refractivity contribution in [3.63, 3.8) is 0 Å². The Morgan fingerprint density at radius 1 is 1.50 bits per heavy atom. The number of aromatic nitrogens is 1. The number of nitrogens with one attached hydrogen (secondary N) is 1. The first-order valence-corrected chi connectivity index (χ1v) is 5.55. The van der Waals surface area contributed by atoms with Gasteiger partial charge in [0.05, 0.1) is 12.1 Å². The van der Waals surface area contributed by atoms with E-state index in [0.717, 1.165) is 0 Å². The van der Waals surface area contributed by atoms with Crippen LogP contribution in [0.1, 0.15) is 16.1 Å². The lowest BCUT2D eigenvalue weighted by molar-refractivity contribution is 0.101. The number of methoxy groups -OCH3 is 1. The van der Waals surface area contributed by atoms with Gasteiger partial charge in [0.25, 0.3) is 5.91 Å². The molecule has 1 amide bonds. The molecule has 0 unspecified atom stereocenters. The molecule has 2 rings (SSSR count). The summed E-state index contributed by atoms with van der Waals surface area (Å²) in [5.41, 5.74) is 1.49. The highest BCUT2D eigenvalue weighted by Crippen LogP contribution is 2.27. The van der Waals surface area contributed by atoms with Gasteiger partial charge in [-0.05, 0) is 25.1 Å². The summed E-state index contributed by atoms with van der Waals surface area (Å²) < 4.78 is 9.73. The highest BCUT2D eigenvalue weighted by atomic mass is 35.5. The number of carbonyl (C=O) groups excluding carboxylic acids is 1. The average molecular weight is 267 g/mol. The highest BCUT2D eigenvalue weighted by Gasteiger charge is 2.14. The quantitative estimate of drug-likeness (QED) is 0.928. The molecule has 0 fully saturated rings. The van der Waals surface area contributed by atoms with Crippen LogP contribution in [-0.2, 0) is 0 Å². The summed E-state index contributed by atoms with van der Waals surface area (Å²) in [6.07, 6.45) is 1.41. The van der Waals surface area contributed by atoms with Crippen LogP contribution in [0.4, 0.5) is 5.69 Å². The molecule has 6 heteroatoms. The van der Waals surface area contributed by atoms with Gasteiger partial charge in [-0.3, -0.25) is 4.79 Å². The smallest absolute Gasteiger partial charge is 0.278 e. The first-order chi connectivity index (χ1) is 8.61. The lowest BCUT2D eigenvalue weighted by atomic mass is 10.2. The maximum absolute atomic E-state index is 11.9. The molecule has 0 saturated carbocycles. The lowest BCUT2D eigenvalue weighted by Gasteiger charge is -2.07.